The second kappa shape index (κ2) is 6.50. The molecule has 0 radical (unpaired) electrons. The SMILES string of the molecule is CCNC(c1ccncc1C)c1c(Br)cnn1C(C)C. The largest absolute Gasteiger partial charge is 0.305 e. The molecule has 0 saturated carbocycles. The van der Waals surface area contributed by atoms with Crippen LogP contribution in [0.3, 0.4) is 0 Å². The monoisotopic (exact) mass is 336 g/mol. The van der Waals surface area contributed by atoms with Gasteiger partial charge in [-0.3, -0.25) is 9.67 Å². The Morgan fingerprint density at radius 3 is 2.70 bits per heavy atom. The predicted molar refractivity (Wildman–Crippen MR) is 84.8 cm³/mol. The average molecular weight is 337 g/mol. The maximum atomic E-state index is 4.49. The van der Waals surface area contributed by atoms with Crippen LogP contribution in [0.5, 0.6) is 0 Å². The van der Waals surface area contributed by atoms with Crippen molar-refractivity contribution in [3.63, 3.8) is 0 Å². The summed E-state index contributed by atoms with van der Waals surface area (Å²) in [5.74, 6) is 0. The summed E-state index contributed by atoms with van der Waals surface area (Å²) in [5.41, 5.74) is 3.59. The molecule has 0 aliphatic rings. The van der Waals surface area contributed by atoms with Crippen LogP contribution in [0.15, 0.2) is 29.1 Å². The molecule has 0 fully saturated rings. The van der Waals surface area contributed by atoms with Gasteiger partial charge in [0, 0.05) is 18.4 Å². The fraction of sp³-hybridized carbons (Fsp3) is 0.467. The molecule has 0 saturated heterocycles. The van der Waals surface area contributed by atoms with Crippen LogP contribution in [0.2, 0.25) is 0 Å². The molecule has 1 atom stereocenters. The van der Waals surface area contributed by atoms with E-state index >= 15 is 0 Å². The summed E-state index contributed by atoms with van der Waals surface area (Å²) in [6.45, 7) is 9.39. The zero-order valence-corrected chi connectivity index (χ0v) is 14.0. The minimum atomic E-state index is 0.113. The summed E-state index contributed by atoms with van der Waals surface area (Å²) < 4.78 is 3.10. The third-order valence-electron chi connectivity index (χ3n) is 3.33. The minimum absolute atomic E-state index is 0.113. The highest BCUT2D eigenvalue weighted by atomic mass is 79.9. The van der Waals surface area contributed by atoms with E-state index in [-0.39, 0.29) is 6.04 Å². The number of halogens is 1. The number of aryl methyl sites for hydroxylation is 1. The number of pyridine rings is 1. The van der Waals surface area contributed by atoms with Crippen molar-refractivity contribution in [1.29, 1.82) is 0 Å². The Morgan fingerprint density at radius 1 is 1.35 bits per heavy atom. The van der Waals surface area contributed by atoms with Gasteiger partial charge in [-0.2, -0.15) is 5.10 Å². The van der Waals surface area contributed by atoms with E-state index in [1.54, 1.807) is 0 Å². The Morgan fingerprint density at radius 2 is 2.10 bits per heavy atom. The fourth-order valence-corrected chi connectivity index (χ4v) is 2.90. The zero-order chi connectivity index (χ0) is 14.7. The number of rotatable bonds is 5. The van der Waals surface area contributed by atoms with Gasteiger partial charge >= 0.3 is 0 Å². The van der Waals surface area contributed by atoms with Crippen LogP contribution in [-0.2, 0) is 0 Å². The molecule has 20 heavy (non-hydrogen) atoms. The highest BCUT2D eigenvalue weighted by Crippen LogP contribution is 2.31. The summed E-state index contributed by atoms with van der Waals surface area (Å²) in [5, 5.41) is 8.05. The lowest BCUT2D eigenvalue weighted by atomic mass is 10.00. The number of nitrogens with one attached hydrogen (secondary N) is 1. The first-order chi connectivity index (χ1) is 9.56. The molecular formula is C15H21BrN4. The van der Waals surface area contributed by atoms with Gasteiger partial charge < -0.3 is 5.32 Å². The molecule has 2 aromatic rings. The van der Waals surface area contributed by atoms with Crippen molar-refractivity contribution in [2.45, 2.75) is 39.8 Å². The maximum Gasteiger partial charge on any atom is 0.0763 e. The van der Waals surface area contributed by atoms with E-state index in [0.717, 1.165) is 16.7 Å². The van der Waals surface area contributed by atoms with Crippen molar-refractivity contribution < 1.29 is 0 Å². The predicted octanol–water partition coefficient (Wildman–Crippen LogP) is 3.63. The number of nitrogens with zero attached hydrogens (tertiary/aromatic N) is 3. The average Bonchev–Trinajstić information content (AvgIpc) is 2.79. The van der Waals surface area contributed by atoms with Gasteiger partial charge in [-0.05, 0) is 60.4 Å². The smallest absolute Gasteiger partial charge is 0.0763 e. The van der Waals surface area contributed by atoms with Crippen LogP contribution < -0.4 is 5.32 Å². The lowest BCUT2D eigenvalue weighted by Gasteiger charge is -2.23. The summed E-state index contributed by atoms with van der Waals surface area (Å²) in [4.78, 5) is 4.19. The molecule has 0 aliphatic carbocycles. The molecule has 1 unspecified atom stereocenters. The molecule has 4 nitrogen and oxygen atoms in total. The molecule has 0 spiro atoms. The topological polar surface area (TPSA) is 42.7 Å². The molecule has 2 rings (SSSR count). The minimum Gasteiger partial charge on any atom is -0.305 e. The third-order valence-corrected chi connectivity index (χ3v) is 3.94. The Hall–Kier alpha value is -1.20. The highest BCUT2D eigenvalue weighted by molar-refractivity contribution is 9.10. The maximum absolute atomic E-state index is 4.49. The quantitative estimate of drug-likeness (QED) is 0.906. The summed E-state index contributed by atoms with van der Waals surface area (Å²) in [6, 6.07) is 2.51. The van der Waals surface area contributed by atoms with E-state index in [1.807, 2.05) is 18.6 Å². The standard InChI is InChI=1S/C15H21BrN4/c1-5-18-14(12-6-7-17-8-11(12)4)15-13(16)9-19-20(15)10(2)3/h6-10,14,18H,5H2,1-4H3. The van der Waals surface area contributed by atoms with Crippen molar-refractivity contribution in [2.24, 2.45) is 0 Å². The van der Waals surface area contributed by atoms with Gasteiger partial charge in [0.05, 0.1) is 22.4 Å². The number of hydrogen-bond donors (Lipinski definition) is 1. The van der Waals surface area contributed by atoms with Crippen LogP contribution in [0.1, 0.15) is 49.7 Å². The molecule has 0 aliphatic heterocycles. The Labute approximate surface area is 128 Å². The van der Waals surface area contributed by atoms with Gasteiger partial charge in [0.2, 0.25) is 0 Å². The number of hydrogen-bond acceptors (Lipinski definition) is 3. The molecule has 0 bridgehead atoms. The third kappa shape index (κ3) is 2.94. The molecule has 1 N–H and O–H groups in total. The van der Waals surface area contributed by atoms with E-state index in [0.29, 0.717) is 6.04 Å². The van der Waals surface area contributed by atoms with Crippen LogP contribution in [-0.4, -0.2) is 21.3 Å². The Balaban J connectivity index is 2.55. The molecular weight excluding hydrogens is 316 g/mol. The Kier molecular flexibility index (Phi) is 4.94. The van der Waals surface area contributed by atoms with Crippen molar-refractivity contribution >= 4 is 15.9 Å². The Bertz CT molecular complexity index is 577. The molecule has 0 aromatic carbocycles. The van der Waals surface area contributed by atoms with Crippen molar-refractivity contribution in [3.8, 4) is 0 Å². The summed E-state index contributed by atoms with van der Waals surface area (Å²) >= 11 is 3.64. The van der Waals surface area contributed by atoms with Gasteiger partial charge in [-0.1, -0.05) is 6.92 Å². The van der Waals surface area contributed by atoms with Gasteiger partial charge in [-0.15, -0.1) is 0 Å². The van der Waals surface area contributed by atoms with E-state index in [4.69, 9.17) is 0 Å². The van der Waals surface area contributed by atoms with Gasteiger partial charge in [0.1, 0.15) is 0 Å². The van der Waals surface area contributed by atoms with E-state index in [2.05, 4.69) is 69.8 Å². The lowest BCUT2D eigenvalue weighted by Crippen LogP contribution is -2.26. The van der Waals surface area contributed by atoms with E-state index in [1.165, 1.54) is 11.1 Å². The van der Waals surface area contributed by atoms with Crippen LogP contribution in [0, 0.1) is 6.92 Å². The van der Waals surface area contributed by atoms with E-state index < -0.39 is 0 Å². The summed E-state index contributed by atoms with van der Waals surface area (Å²) in [7, 11) is 0. The van der Waals surface area contributed by atoms with Crippen LogP contribution in [0.25, 0.3) is 0 Å². The molecule has 2 heterocycles. The van der Waals surface area contributed by atoms with Crippen molar-refractivity contribution in [3.05, 3.63) is 46.0 Å². The normalized spacial score (nSPS) is 12.9. The van der Waals surface area contributed by atoms with Gasteiger partial charge in [0.15, 0.2) is 0 Å². The van der Waals surface area contributed by atoms with Crippen molar-refractivity contribution in [2.75, 3.05) is 6.54 Å². The van der Waals surface area contributed by atoms with Crippen molar-refractivity contribution in [1.82, 2.24) is 20.1 Å². The zero-order valence-electron chi connectivity index (χ0n) is 12.4. The first-order valence-corrected chi connectivity index (χ1v) is 7.72. The van der Waals surface area contributed by atoms with Crippen LogP contribution in [0.4, 0.5) is 0 Å². The van der Waals surface area contributed by atoms with Gasteiger partial charge in [-0.25, -0.2) is 0 Å². The van der Waals surface area contributed by atoms with Gasteiger partial charge in [0.25, 0.3) is 0 Å². The molecule has 5 heteroatoms. The number of aromatic nitrogens is 3. The van der Waals surface area contributed by atoms with Crippen LogP contribution >= 0.6 is 15.9 Å². The second-order valence-corrected chi connectivity index (χ2v) is 5.99. The molecule has 2 aromatic heterocycles. The van der Waals surface area contributed by atoms with E-state index in [9.17, 15) is 0 Å². The summed E-state index contributed by atoms with van der Waals surface area (Å²) in [6.07, 6.45) is 5.62. The first-order valence-electron chi connectivity index (χ1n) is 6.93. The second-order valence-electron chi connectivity index (χ2n) is 5.14. The highest BCUT2D eigenvalue weighted by Gasteiger charge is 2.23. The molecule has 0 amide bonds. The molecule has 108 valence electrons. The first kappa shape index (κ1) is 15.2. The lowest BCUT2D eigenvalue weighted by molar-refractivity contribution is 0.474. The fourth-order valence-electron chi connectivity index (χ4n) is 2.40.